The fraction of sp³-hybridized carbons (Fsp3) is 0.130. The Morgan fingerprint density at radius 3 is 2.43 bits per heavy atom. The SMILES string of the molecule is O=C(O)CCn1c(=O)nc(Nc2ccc(Oc3cccnn3)cc2)n(Cc2ccc(Cl)cc2)c1=O. The van der Waals surface area contributed by atoms with Gasteiger partial charge in [-0.05, 0) is 48.0 Å². The molecule has 0 bridgehead atoms. The molecule has 2 heterocycles. The fourth-order valence-electron chi connectivity index (χ4n) is 3.14. The van der Waals surface area contributed by atoms with Crippen LogP contribution in [0.1, 0.15) is 12.0 Å². The highest BCUT2D eigenvalue weighted by molar-refractivity contribution is 6.30. The predicted molar refractivity (Wildman–Crippen MR) is 127 cm³/mol. The number of nitrogens with zero attached hydrogens (tertiary/aromatic N) is 5. The van der Waals surface area contributed by atoms with E-state index in [1.807, 2.05) is 0 Å². The van der Waals surface area contributed by atoms with Crippen molar-refractivity contribution in [2.45, 2.75) is 19.5 Å². The molecule has 0 aliphatic rings. The number of rotatable bonds is 9. The lowest BCUT2D eigenvalue weighted by atomic mass is 10.2. The molecule has 0 radical (unpaired) electrons. The number of ether oxygens (including phenoxy) is 1. The molecule has 35 heavy (non-hydrogen) atoms. The third kappa shape index (κ3) is 6.09. The van der Waals surface area contributed by atoms with E-state index in [1.54, 1.807) is 60.7 Å². The molecule has 0 fully saturated rings. The van der Waals surface area contributed by atoms with Crippen LogP contribution in [0.3, 0.4) is 0 Å². The van der Waals surface area contributed by atoms with Crippen molar-refractivity contribution in [3.8, 4) is 11.6 Å². The van der Waals surface area contributed by atoms with Crippen molar-refractivity contribution in [1.29, 1.82) is 0 Å². The van der Waals surface area contributed by atoms with Crippen LogP contribution in [0.2, 0.25) is 5.02 Å². The largest absolute Gasteiger partial charge is 0.481 e. The third-order valence-corrected chi connectivity index (χ3v) is 5.09. The van der Waals surface area contributed by atoms with Gasteiger partial charge in [0.25, 0.3) is 0 Å². The van der Waals surface area contributed by atoms with Gasteiger partial charge >= 0.3 is 17.3 Å². The van der Waals surface area contributed by atoms with E-state index in [4.69, 9.17) is 21.4 Å². The molecule has 0 aliphatic carbocycles. The molecule has 0 amide bonds. The van der Waals surface area contributed by atoms with Gasteiger partial charge in [0.05, 0.1) is 13.0 Å². The van der Waals surface area contributed by atoms with Crippen molar-refractivity contribution in [2.24, 2.45) is 0 Å². The molecule has 0 aliphatic heterocycles. The summed E-state index contributed by atoms with van der Waals surface area (Å²) in [6, 6.07) is 16.9. The van der Waals surface area contributed by atoms with E-state index in [2.05, 4.69) is 20.5 Å². The molecule has 0 saturated heterocycles. The Morgan fingerprint density at radius 2 is 1.77 bits per heavy atom. The number of hydrogen-bond donors (Lipinski definition) is 2. The maximum Gasteiger partial charge on any atom is 0.354 e. The number of carboxylic acid groups (broad SMARTS) is 1. The minimum atomic E-state index is -1.13. The molecule has 12 heteroatoms. The number of carbonyl (C=O) groups is 1. The summed E-state index contributed by atoms with van der Waals surface area (Å²) in [5.74, 6) is -0.293. The zero-order valence-corrected chi connectivity index (χ0v) is 18.9. The summed E-state index contributed by atoms with van der Waals surface area (Å²) in [5.41, 5.74) is -0.270. The maximum atomic E-state index is 13.1. The smallest absolute Gasteiger partial charge is 0.354 e. The van der Waals surface area contributed by atoms with Gasteiger partial charge in [-0.3, -0.25) is 9.36 Å². The van der Waals surface area contributed by atoms with E-state index in [1.165, 1.54) is 10.8 Å². The summed E-state index contributed by atoms with van der Waals surface area (Å²) in [4.78, 5) is 40.6. The summed E-state index contributed by atoms with van der Waals surface area (Å²) < 4.78 is 7.67. The van der Waals surface area contributed by atoms with E-state index in [0.717, 1.165) is 10.1 Å². The number of hydrogen-bond acceptors (Lipinski definition) is 8. The molecule has 0 atom stereocenters. The molecule has 2 aromatic heterocycles. The zero-order chi connectivity index (χ0) is 24.8. The minimum absolute atomic E-state index is 0.00381. The zero-order valence-electron chi connectivity index (χ0n) is 18.2. The first kappa shape index (κ1) is 23.6. The highest BCUT2D eigenvalue weighted by Crippen LogP contribution is 2.22. The van der Waals surface area contributed by atoms with Crippen LogP contribution in [0.5, 0.6) is 11.6 Å². The van der Waals surface area contributed by atoms with Gasteiger partial charge in [0.15, 0.2) is 0 Å². The Kier molecular flexibility index (Phi) is 7.17. The molecule has 11 nitrogen and oxygen atoms in total. The van der Waals surface area contributed by atoms with E-state index < -0.39 is 23.8 Å². The number of benzene rings is 2. The van der Waals surface area contributed by atoms with Crippen molar-refractivity contribution in [3.63, 3.8) is 0 Å². The van der Waals surface area contributed by atoms with Crippen LogP contribution in [0, 0.1) is 0 Å². The van der Waals surface area contributed by atoms with Crippen molar-refractivity contribution in [1.82, 2.24) is 24.3 Å². The van der Waals surface area contributed by atoms with Gasteiger partial charge in [0.1, 0.15) is 5.75 Å². The number of nitrogens with one attached hydrogen (secondary N) is 1. The number of halogens is 1. The number of carboxylic acids is 1. The third-order valence-electron chi connectivity index (χ3n) is 4.83. The minimum Gasteiger partial charge on any atom is -0.481 e. The first-order chi connectivity index (χ1) is 16.9. The average Bonchev–Trinajstić information content (AvgIpc) is 2.84. The first-order valence-electron chi connectivity index (χ1n) is 10.4. The standard InChI is InChI=1S/C23H19ClN6O5/c24-16-5-3-15(4-6-16)14-30-21(27-22(33)29(23(30)34)13-11-20(31)32)26-17-7-9-18(10-8-17)35-19-2-1-12-25-28-19/h1-10,12H,11,13-14H2,(H,31,32)(H,26,27,33). The van der Waals surface area contributed by atoms with Gasteiger partial charge in [-0.25, -0.2) is 14.2 Å². The number of aliphatic carboxylic acids is 1. The van der Waals surface area contributed by atoms with Crippen LogP contribution in [0.4, 0.5) is 11.6 Å². The second-order valence-corrected chi connectivity index (χ2v) is 7.76. The Bertz CT molecular complexity index is 1440. The topological polar surface area (TPSA) is 141 Å². The molecule has 4 rings (SSSR count). The highest BCUT2D eigenvalue weighted by atomic mass is 35.5. The van der Waals surface area contributed by atoms with Gasteiger partial charge in [0, 0.05) is 29.5 Å². The van der Waals surface area contributed by atoms with Gasteiger partial charge in [-0.1, -0.05) is 23.7 Å². The van der Waals surface area contributed by atoms with Crippen LogP contribution in [-0.2, 0) is 17.9 Å². The average molecular weight is 495 g/mol. The summed E-state index contributed by atoms with van der Waals surface area (Å²) in [7, 11) is 0. The van der Waals surface area contributed by atoms with Crippen molar-refractivity contribution in [2.75, 3.05) is 5.32 Å². The lowest BCUT2D eigenvalue weighted by molar-refractivity contribution is -0.137. The summed E-state index contributed by atoms with van der Waals surface area (Å²) in [5, 5.41) is 20.1. The molecule has 0 saturated carbocycles. The molecular formula is C23H19ClN6O5. The lowest BCUT2D eigenvalue weighted by Gasteiger charge is -2.15. The van der Waals surface area contributed by atoms with Crippen molar-refractivity contribution >= 4 is 29.2 Å². The molecular weight excluding hydrogens is 476 g/mol. The normalized spacial score (nSPS) is 10.7. The van der Waals surface area contributed by atoms with E-state index in [-0.39, 0.29) is 19.0 Å². The Hall–Kier alpha value is -4.51. The molecule has 0 unspecified atom stereocenters. The summed E-state index contributed by atoms with van der Waals surface area (Å²) >= 11 is 5.95. The second-order valence-electron chi connectivity index (χ2n) is 7.32. The molecule has 2 aromatic carbocycles. The molecule has 178 valence electrons. The monoisotopic (exact) mass is 494 g/mol. The summed E-state index contributed by atoms with van der Waals surface area (Å²) in [6.45, 7) is -0.220. The predicted octanol–water partition coefficient (Wildman–Crippen LogP) is 2.91. The van der Waals surface area contributed by atoms with Crippen LogP contribution >= 0.6 is 11.6 Å². The lowest BCUT2D eigenvalue weighted by Crippen LogP contribution is -2.43. The maximum absolute atomic E-state index is 13.1. The first-order valence-corrected chi connectivity index (χ1v) is 10.8. The van der Waals surface area contributed by atoms with Crippen molar-refractivity contribution < 1.29 is 14.6 Å². The van der Waals surface area contributed by atoms with E-state index >= 15 is 0 Å². The van der Waals surface area contributed by atoms with Crippen LogP contribution in [0.15, 0.2) is 76.4 Å². The van der Waals surface area contributed by atoms with E-state index in [9.17, 15) is 14.4 Å². The van der Waals surface area contributed by atoms with E-state index in [0.29, 0.717) is 22.3 Å². The number of anilines is 2. The fourth-order valence-corrected chi connectivity index (χ4v) is 3.26. The van der Waals surface area contributed by atoms with Gasteiger partial charge < -0.3 is 15.2 Å². The van der Waals surface area contributed by atoms with Crippen LogP contribution < -0.4 is 21.4 Å². The molecule has 0 spiro atoms. The molecule has 2 N–H and O–H groups in total. The molecule has 4 aromatic rings. The van der Waals surface area contributed by atoms with Gasteiger partial charge in [-0.15, -0.1) is 5.10 Å². The Balaban J connectivity index is 1.64. The van der Waals surface area contributed by atoms with Crippen molar-refractivity contribution in [3.05, 3.63) is 98.4 Å². The summed E-state index contributed by atoms with van der Waals surface area (Å²) in [6.07, 6.45) is 1.14. The quantitative estimate of drug-likeness (QED) is 0.359. The highest BCUT2D eigenvalue weighted by Gasteiger charge is 2.15. The van der Waals surface area contributed by atoms with Gasteiger partial charge in [-0.2, -0.15) is 10.1 Å². The second kappa shape index (κ2) is 10.6. The Morgan fingerprint density at radius 1 is 1.03 bits per heavy atom. The Labute approximate surface area is 203 Å². The number of aromatic nitrogens is 5. The van der Waals surface area contributed by atoms with Crippen LogP contribution in [0.25, 0.3) is 0 Å². The van der Waals surface area contributed by atoms with Crippen LogP contribution in [-0.4, -0.2) is 35.4 Å². The van der Waals surface area contributed by atoms with Gasteiger partial charge in [0.2, 0.25) is 11.8 Å².